The minimum absolute atomic E-state index is 0.0142. The first kappa shape index (κ1) is 15.8. The third-order valence-corrected chi connectivity index (χ3v) is 6.01. The van der Waals surface area contributed by atoms with Crippen LogP contribution < -0.4 is 5.32 Å². The molecule has 2 aliphatic rings. The summed E-state index contributed by atoms with van der Waals surface area (Å²) in [4.78, 5) is 14.5. The van der Waals surface area contributed by atoms with Gasteiger partial charge in [0.15, 0.2) is 0 Å². The summed E-state index contributed by atoms with van der Waals surface area (Å²) >= 11 is 0. The summed E-state index contributed by atoms with van der Waals surface area (Å²) in [6, 6.07) is 0.293. The Balaban J connectivity index is 1.91. The highest BCUT2D eigenvalue weighted by Crippen LogP contribution is 2.53. The Morgan fingerprint density at radius 1 is 1.30 bits per heavy atom. The van der Waals surface area contributed by atoms with Crippen molar-refractivity contribution >= 4 is 5.91 Å². The Morgan fingerprint density at radius 3 is 2.40 bits per heavy atom. The lowest BCUT2D eigenvalue weighted by atomic mass is 9.55. The molecule has 2 rings (SSSR count). The first-order valence-corrected chi connectivity index (χ1v) is 7.83. The highest BCUT2D eigenvalue weighted by Gasteiger charge is 2.59. The highest BCUT2D eigenvalue weighted by atomic mass is 16.5. The van der Waals surface area contributed by atoms with Crippen LogP contribution in [0.15, 0.2) is 0 Å². The molecule has 1 saturated carbocycles. The predicted molar refractivity (Wildman–Crippen MR) is 80.6 cm³/mol. The summed E-state index contributed by atoms with van der Waals surface area (Å²) in [6.07, 6.45) is 3.90. The highest BCUT2D eigenvalue weighted by molar-refractivity contribution is 5.76. The van der Waals surface area contributed by atoms with E-state index in [0.717, 1.165) is 32.4 Å². The third kappa shape index (κ3) is 2.60. The van der Waals surface area contributed by atoms with Crippen LogP contribution in [-0.2, 0) is 9.53 Å². The van der Waals surface area contributed by atoms with E-state index in [2.05, 4.69) is 26.1 Å². The van der Waals surface area contributed by atoms with Gasteiger partial charge < -0.3 is 15.0 Å². The Kier molecular flexibility index (Phi) is 4.45. The number of hydrogen-bond acceptors (Lipinski definition) is 3. The van der Waals surface area contributed by atoms with Crippen LogP contribution in [0.4, 0.5) is 0 Å². The lowest BCUT2D eigenvalue weighted by Crippen LogP contribution is -2.68. The quantitative estimate of drug-likeness (QED) is 0.858. The number of methoxy groups -OCH3 is 1. The fourth-order valence-electron chi connectivity index (χ4n) is 3.73. The van der Waals surface area contributed by atoms with Gasteiger partial charge in [-0.3, -0.25) is 4.79 Å². The third-order valence-electron chi connectivity index (χ3n) is 6.01. The van der Waals surface area contributed by atoms with E-state index in [0.29, 0.717) is 24.3 Å². The van der Waals surface area contributed by atoms with Crippen LogP contribution in [0.1, 0.15) is 46.5 Å². The van der Waals surface area contributed by atoms with Gasteiger partial charge in [0.1, 0.15) is 0 Å². The van der Waals surface area contributed by atoms with Crippen molar-refractivity contribution in [2.75, 3.05) is 27.2 Å². The van der Waals surface area contributed by atoms with Crippen molar-refractivity contribution in [3.05, 3.63) is 0 Å². The minimum atomic E-state index is -0.110. The molecule has 4 nitrogen and oxygen atoms in total. The summed E-state index contributed by atoms with van der Waals surface area (Å²) < 4.78 is 5.65. The number of hydrogen-bond donors (Lipinski definition) is 1. The summed E-state index contributed by atoms with van der Waals surface area (Å²) in [6.45, 7) is 8.67. The summed E-state index contributed by atoms with van der Waals surface area (Å²) in [5, 5.41) is 3.35. The van der Waals surface area contributed by atoms with E-state index in [9.17, 15) is 4.79 Å². The molecule has 1 aliphatic heterocycles. The maximum Gasteiger partial charge on any atom is 0.222 e. The van der Waals surface area contributed by atoms with Crippen LogP contribution in [0.25, 0.3) is 0 Å². The number of rotatable bonds is 4. The molecule has 2 atom stereocenters. The zero-order chi connectivity index (χ0) is 15.0. The van der Waals surface area contributed by atoms with Crippen molar-refractivity contribution in [3.8, 4) is 0 Å². The molecule has 0 spiro atoms. The van der Waals surface area contributed by atoms with Crippen molar-refractivity contribution < 1.29 is 9.53 Å². The van der Waals surface area contributed by atoms with E-state index in [1.165, 1.54) is 0 Å². The molecule has 116 valence electrons. The van der Waals surface area contributed by atoms with E-state index in [-0.39, 0.29) is 11.0 Å². The number of carbonyl (C=O) groups excluding carboxylic acids is 1. The smallest absolute Gasteiger partial charge is 0.222 e. The second kappa shape index (κ2) is 5.64. The van der Waals surface area contributed by atoms with E-state index in [4.69, 9.17) is 4.74 Å². The summed E-state index contributed by atoms with van der Waals surface area (Å²) in [7, 11) is 3.74. The molecule has 1 N–H and O–H groups in total. The van der Waals surface area contributed by atoms with E-state index in [1.54, 1.807) is 7.11 Å². The molecule has 0 radical (unpaired) electrons. The largest absolute Gasteiger partial charge is 0.378 e. The topological polar surface area (TPSA) is 41.6 Å². The molecule has 1 saturated heterocycles. The van der Waals surface area contributed by atoms with E-state index < -0.39 is 0 Å². The predicted octanol–water partition coefficient (Wildman–Crippen LogP) is 2.04. The molecule has 2 fully saturated rings. The van der Waals surface area contributed by atoms with Crippen LogP contribution in [-0.4, -0.2) is 49.7 Å². The number of ether oxygens (including phenoxy) is 1. The fraction of sp³-hybridized carbons (Fsp3) is 0.938. The van der Waals surface area contributed by atoms with E-state index in [1.807, 2.05) is 11.9 Å². The van der Waals surface area contributed by atoms with Gasteiger partial charge in [-0.1, -0.05) is 13.8 Å². The monoisotopic (exact) mass is 282 g/mol. The zero-order valence-electron chi connectivity index (χ0n) is 13.7. The lowest BCUT2D eigenvalue weighted by molar-refractivity contribution is -0.207. The standard InChI is InChI=1S/C16H30N2O2/c1-15(2)13(11-16(15,3)20-5)18(4)14(19)10-12-6-8-17-9-7-12/h12-13,17H,6-11H2,1-5H3/t13-,16-/m0/s1. The number of nitrogens with one attached hydrogen (secondary N) is 1. The van der Waals surface area contributed by atoms with Gasteiger partial charge in [-0.2, -0.15) is 0 Å². The fourth-order valence-corrected chi connectivity index (χ4v) is 3.73. The Morgan fingerprint density at radius 2 is 1.90 bits per heavy atom. The normalized spacial score (nSPS) is 33.5. The molecule has 1 aliphatic carbocycles. The average molecular weight is 282 g/mol. The van der Waals surface area contributed by atoms with E-state index >= 15 is 0 Å². The molecular formula is C16H30N2O2. The van der Waals surface area contributed by atoms with Crippen LogP contribution >= 0.6 is 0 Å². The SMILES string of the molecule is CO[C@@]1(C)C[C@H](N(C)C(=O)CC2CCNCC2)C1(C)C. The van der Waals surface area contributed by atoms with Gasteiger partial charge in [0, 0.05) is 32.0 Å². The first-order valence-electron chi connectivity index (χ1n) is 7.83. The summed E-state index contributed by atoms with van der Waals surface area (Å²) in [5.74, 6) is 0.858. The molecule has 1 heterocycles. The molecule has 0 aromatic heterocycles. The van der Waals surface area contributed by atoms with Crippen molar-refractivity contribution in [1.29, 1.82) is 0 Å². The Bertz CT molecular complexity index is 363. The zero-order valence-corrected chi connectivity index (χ0v) is 13.7. The van der Waals surface area contributed by atoms with Crippen LogP contribution in [0, 0.1) is 11.3 Å². The molecule has 0 unspecified atom stereocenters. The van der Waals surface area contributed by atoms with Crippen LogP contribution in [0.3, 0.4) is 0 Å². The molecule has 0 bridgehead atoms. The van der Waals surface area contributed by atoms with Crippen molar-refractivity contribution in [3.63, 3.8) is 0 Å². The van der Waals surface area contributed by atoms with Crippen molar-refractivity contribution in [2.45, 2.75) is 58.1 Å². The Hall–Kier alpha value is -0.610. The minimum Gasteiger partial charge on any atom is -0.378 e. The average Bonchev–Trinajstić information content (AvgIpc) is 2.44. The second-order valence-corrected chi connectivity index (χ2v) is 7.28. The number of nitrogens with zero attached hydrogens (tertiary/aromatic N) is 1. The van der Waals surface area contributed by atoms with Crippen molar-refractivity contribution in [2.24, 2.45) is 11.3 Å². The van der Waals surface area contributed by atoms with Gasteiger partial charge in [-0.05, 0) is 45.2 Å². The molecule has 0 aromatic rings. The van der Waals surface area contributed by atoms with Gasteiger partial charge in [-0.15, -0.1) is 0 Å². The molecule has 20 heavy (non-hydrogen) atoms. The lowest BCUT2D eigenvalue weighted by Gasteiger charge is -2.61. The molecule has 1 amide bonds. The van der Waals surface area contributed by atoms with Gasteiger partial charge >= 0.3 is 0 Å². The van der Waals surface area contributed by atoms with Gasteiger partial charge in [0.05, 0.1) is 5.60 Å². The molecule has 0 aromatic carbocycles. The first-order chi connectivity index (χ1) is 9.32. The molecule has 4 heteroatoms. The number of piperidine rings is 1. The van der Waals surface area contributed by atoms with Gasteiger partial charge in [-0.25, -0.2) is 0 Å². The van der Waals surface area contributed by atoms with Gasteiger partial charge in [0.25, 0.3) is 0 Å². The maximum atomic E-state index is 12.5. The Labute approximate surface area is 123 Å². The van der Waals surface area contributed by atoms with Gasteiger partial charge in [0.2, 0.25) is 5.91 Å². The van der Waals surface area contributed by atoms with Crippen LogP contribution in [0.5, 0.6) is 0 Å². The maximum absolute atomic E-state index is 12.5. The summed E-state index contributed by atoms with van der Waals surface area (Å²) in [5.41, 5.74) is -0.0960. The molecular weight excluding hydrogens is 252 g/mol. The second-order valence-electron chi connectivity index (χ2n) is 7.28. The number of amides is 1. The number of carbonyl (C=O) groups is 1. The van der Waals surface area contributed by atoms with Crippen molar-refractivity contribution in [1.82, 2.24) is 10.2 Å². The van der Waals surface area contributed by atoms with Crippen LogP contribution in [0.2, 0.25) is 0 Å².